The highest BCUT2D eigenvalue weighted by molar-refractivity contribution is 5.97. The number of aromatic hydroxyl groups is 1. The van der Waals surface area contributed by atoms with Crippen LogP contribution in [0.15, 0.2) is 42.7 Å². The van der Waals surface area contributed by atoms with Gasteiger partial charge in [-0.1, -0.05) is 33.3 Å². The maximum Gasteiger partial charge on any atom is 0.415 e. The van der Waals surface area contributed by atoms with E-state index in [1.54, 1.807) is 17.0 Å². The maximum atomic E-state index is 14.3. The number of fused-ring (bicyclic) bond motifs is 1. The van der Waals surface area contributed by atoms with Crippen LogP contribution in [-0.4, -0.2) is 33.3 Å². The lowest BCUT2D eigenvalue weighted by molar-refractivity contribution is 0.0374. The molecule has 3 aromatic rings. The van der Waals surface area contributed by atoms with Crippen molar-refractivity contribution in [2.45, 2.75) is 52.1 Å². The number of phenols is 1. The summed E-state index contributed by atoms with van der Waals surface area (Å²) in [6.07, 6.45) is 4.55. The highest BCUT2D eigenvalue weighted by Crippen LogP contribution is 2.37. The van der Waals surface area contributed by atoms with Crippen LogP contribution in [0.1, 0.15) is 46.5 Å². The fourth-order valence-corrected chi connectivity index (χ4v) is 4.27. The molecule has 1 unspecified atom stereocenters. The highest BCUT2D eigenvalue weighted by atomic mass is 19.1. The molecule has 2 heterocycles. The lowest BCUT2D eigenvalue weighted by Gasteiger charge is -2.27. The highest BCUT2D eigenvalue weighted by Gasteiger charge is 2.44. The number of nitrogens with one attached hydrogen (secondary N) is 1. The predicted molar refractivity (Wildman–Crippen MR) is 126 cm³/mol. The van der Waals surface area contributed by atoms with Crippen LogP contribution in [0.4, 0.5) is 26.4 Å². The summed E-state index contributed by atoms with van der Waals surface area (Å²) in [7, 11) is 0. The normalized spacial score (nSPS) is 18.2. The molecule has 4 rings (SSSR count). The van der Waals surface area contributed by atoms with Gasteiger partial charge in [0.25, 0.3) is 0 Å². The number of halogens is 1. The predicted octanol–water partition coefficient (Wildman–Crippen LogP) is 6.15. The summed E-state index contributed by atoms with van der Waals surface area (Å²) in [6.45, 7) is 6.91. The van der Waals surface area contributed by atoms with E-state index in [2.05, 4.69) is 36.1 Å². The molecule has 1 amide bonds. The van der Waals surface area contributed by atoms with Crippen molar-refractivity contribution in [1.82, 2.24) is 9.97 Å². The molecular weight excluding hydrogens is 423 g/mol. The Kier molecular flexibility index (Phi) is 6.35. The quantitative estimate of drug-likeness (QED) is 0.426. The standard InChI is InChI=1S/C25H29FN4O3/c1-4-11-25(12-10-16(2)3)14-30(24(32)33-25)17-8-9-19-18(13-17)23(28-15-27-19)29-20-6-5-7-21(31)22(20)26/h5-9,13,15-16,31H,4,10-12,14H2,1-3H3,(H,27,28,29). The van der Waals surface area contributed by atoms with Crippen molar-refractivity contribution in [2.24, 2.45) is 5.92 Å². The van der Waals surface area contributed by atoms with Crippen LogP contribution in [0.5, 0.6) is 5.75 Å². The van der Waals surface area contributed by atoms with E-state index in [4.69, 9.17) is 4.74 Å². The van der Waals surface area contributed by atoms with Crippen molar-refractivity contribution in [3.8, 4) is 5.75 Å². The first-order chi connectivity index (χ1) is 15.8. The number of aromatic nitrogens is 2. The average Bonchev–Trinajstić information content (AvgIpc) is 3.12. The van der Waals surface area contributed by atoms with E-state index in [0.29, 0.717) is 34.9 Å². The minimum absolute atomic E-state index is 0.0941. The van der Waals surface area contributed by atoms with Crippen molar-refractivity contribution < 1.29 is 19.0 Å². The molecule has 1 aliphatic heterocycles. The zero-order chi connectivity index (χ0) is 23.6. The van der Waals surface area contributed by atoms with E-state index in [9.17, 15) is 14.3 Å². The smallest absolute Gasteiger partial charge is 0.415 e. The van der Waals surface area contributed by atoms with E-state index < -0.39 is 17.2 Å². The molecule has 1 fully saturated rings. The van der Waals surface area contributed by atoms with E-state index in [1.165, 1.54) is 18.5 Å². The zero-order valence-electron chi connectivity index (χ0n) is 19.1. The number of ether oxygens (including phenoxy) is 1. The number of phenolic OH excluding ortho intramolecular Hbond substituents is 1. The molecule has 33 heavy (non-hydrogen) atoms. The fourth-order valence-electron chi connectivity index (χ4n) is 4.27. The fraction of sp³-hybridized carbons (Fsp3) is 0.400. The van der Waals surface area contributed by atoms with E-state index in [1.807, 2.05) is 12.1 Å². The number of amides is 1. The molecule has 8 heteroatoms. The third kappa shape index (κ3) is 4.69. The molecule has 1 aromatic heterocycles. The monoisotopic (exact) mass is 452 g/mol. The molecule has 0 aliphatic carbocycles. The lowest BCUT2D eigenvalue weighted by Crippen LogP contribution is -2.35. The van der Waals surface area contributed by atoms with Gasteiger partial charge in [-0.05, 0) is 55.5 Å². The molecule has 2 N–H and O–H groups in total. The Labute approximate surface area is 192 Å². The zero-order valence-corrected chi connectivity index (χ0v) is 19.1. The Morgan fingerprint density at radius 3 is 2.82 bits per heavy atom. The molecule has 1 atom stereocenters. The molecular formula is C25H29FN4O3. The number of cyclic esters (lactones) is 1. The number of hydrogen-bond acceptors (Lipinski definition) is 6. The minimum Gasteiger partial charge on any atom is -0.505 e. The molecule has 0 saturated carbocycles. The van der Waals surface area contributed by atoms with Gasteiger partial charge in [0.1, 0.15) is 17.7 Å². The summed E-state index contributed by atoms with van der Waals surface area (Å²) in [4.78, 5) is 23.1. The summed E-state index contributed by atoms with van der Waals surface area (Å²) in [6, 6.07) is 9.78. The minimum atomic E-state index is -0.766. The second kappa shape index (κ2) is 9.21. The van der Waals surface area contributed by atoms with Gasteiger partial charge in [-0.15, -0.1) is 0 Å². The molecule has 0 spiro atoms. The van der Waals surface area contributed by atoms with E-state index in [-0.39, 0.29) is 11.8 Å². The van der Waals surface area contributed by atoms with Gasteiger partial charge in [-0.25, -0.2) is 19.2 Å². The van der Waals surface area contributed by atoms with Crippen LogP contribution in [0, 0.1) is 11.7 Å². The van der Waals surface area contributed by atoms with Gasteiger partial charge in [-0.3, -0.25) is 4.90 Å². The second-order valence-electron chi connectivity index (χ2n) is 9.01. The van der Waals surface area contributed by atoms with Crippen molar-refractivity contribution in [2.75, 3.05) is 16.8 Å². The summed E-state index contributed by atoms with van der Waals surface area (Å²) < 4.78 is 20.3. The van der Waals surface area contributed by atoms with Gasteiger partial charge in [0, 0.05) is 11.1 Å². The van der Waals surface area contributed by atoms with Crippen molar-refractivity contribution in [3.05, 3.63) is 48.5 Å². The van der Waals surface area contributed by atoms with Crippen LogP contribution in [0.25, 0.3) is 10.9 Å². The van der Waals surface area contributed by atoms with E-state index >= 15 is 0 Å². The topological polar surface area (TPSA) is 87.6 Å². The largest absolute Gasteiger partial charge is 0.505 e. The maximum absolute atomic E-state index is 14.3. The SMILES string of the molecule is CCCC1(CCC(C)C)CN(c2ccc3ncnc(Nc4cccc(O)c4F)c3c2)C(=O)O1. The Balaban J connectivity index is 1.67. The molecule has 1 aliphatic rings. The molecule has 174 valence electrons. The number of rotatable bonds is 8. The second-order valence-corrected chi connectivity index (χ2v) is 9.01. The van der Waals surface area contributed by atoms with Crippen molar-refractivity contribution in [1.29, 1.82) is 0 Å². The van der Waals surface area contributed by atoms with Crippen LogP contribution >= 0.6 is 0 Å². The van der Waals surface area contributed by atoms with Gasteiger partial charge in [-0.2, -0.15) is 0 Å². The molecule has 7 nitrogen and oxygen atoms in total. The van der Waals surface area contributed by atoms with Crippen LogP contribution in [-0.2, 0) is 4.74 Å². The number of hydrogen-bond donors (Lipinski definition) is 2. The van der Waals surface area contributed by atoms with Gasteiger partial charge < -0.3 is 15.2 Å². The van der Waals surface area contributed by atoms with Gasteiger partial charge in [0.2, 0.25) is 0 Å². The average molecular weight is 453 g/mol. The van der Waals surface area contributed by atoms with Crippen LogP contribution in [0.2, 0.25) is 0 Å². The van der Waals surface area contributed by atoms with Gasteiger partial charge in [0.15, 0.2) is 11.6 Å². The molecule has 0 radical (unpaired) electrons. The molecule has 1 saturated heterocycles. The first kappa shape index (κ1) is 22.8. The number of carbonyl (C=O) groups is 1. The third-order valence-electron chi connectivity index (χ3n) is 6.02. The van der Waals surface area contributed by atoms with Crippen LogP contribution in [0.3, 0.4) is 0 Å². The number of carbonyl (C=O) groups excluding carboxylic acids is 1. The lowest BCUT2D eigenvalue weighted by atomic mass is 9.89. The Bertz CT molecular complexity index is 1170. The summed E-state index contributed by atoms with van der Waals surface area (Å²) in [5.41, 5.74) is 0.911. The Hall–Kier alpha value is -3.42. The molecule has 2 aromatic carbocycles. The summed E-state index contributed by atoms with van der Waals surface area (Å²) >= 11 is 0. The van der Waals surface area contributed by atoms with E-state index in [0.717, 1.165) is 25.7 Å². The molecule has 0 bridgehead atoms. The van der Waals surface area contributed by atoms with Gasteiger partial charge >= 0.3 is 6.09 Å². The van der Waals surface area contributed by atoms with Crippen molar-refractivity contribution in [3.63, 3.8) is 0 Å². The Morgan fingerprint density at radius 1 is 1.24 bits per heavy atom. The number of nitrogens with zero attached hydrogens (tertiary/aromatic N) is 3. The number of anilines is 3. The Morgan fingerprint density at radius 2 is 2.06 bits per heavy atom. The first-order valence-corrected chi connectivity index (χ1v) is 11.3. The van der Waals surface area contributed by atoms with Crippen LogP contribution < -0.4 is 10.2 Å². The van der Waals surface area contributed by atoms with Gasteiger partial charge in [0.05, 0.1) is 17.7 Å². The summed E-state index contributed by atoms with van der Waals surface area (Å²) in [5, 5.41) is 13.2. The van der Waals surface area contributed by atoms with Crippen molar-refractivity contribution >= 4 is 34.2 Å². The first-order valence-electron chi connectivity index (χ1n) is 11.3. The number of benzene rings is 2. The third-order valence-corrected chi connectivity index (χ3v) is 6.02. The summed E-state index contributed by atoms with van der Waals surface area (Å²) in [5.74, 6) is -0.320.